The molecule has 0 unspecified atom stereocenters. The number of aliphatic hydroxyl groups excluding tert-OH is 1. The van der Waals surface area contributed by atoms with E-state index in [9.17, 15) is 18.3 Å². The van der Waals surface area contributed by atoms with Gasteiger partial charge >= 0.3 is 16.2 Å². The average Bonchev–Trinajstić information content (AvgIpc) is 2.84. The maximum atomic E-state index is 12.6. The number of hydrogen-bond acceptors (Lipinski definition) is 7. The van der Waals surface area contributed by atoms with Crippen LogP contribution >= 0.6 is 0 Å². The second-order valence-corrected chi connectivity index (χ2v) is 11.1. The minimum absolute atomic E-state index is 0.0429. The molecule has 9 heteroatoms. The number of aryl methyl sites for hydroxylation is 1. The van der Waals surface area contributed by atoms with E-state index in [0.29, 0.717) is 5.56 Å². The molecule has 0 fully saturated rings. The van der Waals surface area contributed by atoms with Crippen molar-refractivity contribution in [1.29, 1.82) is 0 Å². The monoisotopic (exact) mass is 527 g/mol. The Labute approximate surface area is 218 Å². The first-order valence-corrected chi connectivity index (χ1v) is 13.2. The molecular weight excluding hydrogens is 494 g/mol. The highest BCUT2D eigenvalue weighted by Gasteiger charge is 2.28. The van der Waals surface area contributed by atoms with Gasteiger partial charge in [-0.15, -0.1) is 0 Å². The van der Waals surface area contributed by atoms with Crippen LogP contribution in [0, 0.1) is 6.92 Å². The summed E-state index contributed by atoms with van der Waals surface area (Å²) < 4.78 is 41.9. The molecule has 0 bridgehead atoms. The summed E-state index contributed by atoms with van der Waals surface area (Å²) in [5.74, 6) is 0.103. The van der Waals surface area contributed by atoms with Gasteiger partial charge in [-0.25, -0.2) is 4.79 Å². The summed E-state index contributed by atoms with van der Waals surface area (Å²) >= 11 is 0. The quantitative estimate of drug-likeness (QED) is 0.361. The number of alkyl carbamates (subject to hydrolysis) is 1. The van der Waals surface area contributed by atoms with Crippen molar-refractivity contribution in [3.63, 3.8) is 0 Å². The fourth-order valence-electron chi connectivity index (χ4n) is 3.47. The van der Waals surface area contributed by atoms with Gasteiger partial charge in [-0.05, 0) is 63.1 Å². The second-order valence-electron chi connectivity index (χ2n) is 9.56. The van der Waals surface area contributed by atoms with Crippen LogP contribution in [0.25, 0.3) is 0 Å². The number of nitrogens with one attached hydrogen (secondary N) is 1. The Kier molecular flexibility index (Phi) is 9.31. The van der Waals surface area contributed by atoms with Crippen LogP contribution in [0.15, 0.2) is 83.8 Å². The number of carbonyl (C=O) groups excluding carboxylic acids is 1. The zero-order valence-corrected chi connectivity index (χ0v) is 22.2. The fourth-order valence-corrected chi connectivity index (χ4v) is 4.40. The van der Waals surface area contributed by atoms with Gasteiger partial charge < -0.3 is 24.1 Å². The van der Waals surface area contributed by atoms with Gasteiger partial charge in [0.15, 0.2) is 0 Å². The van der Waals surface area contributed by atoms with Crippen molar-refractivity contribution < 1.29 is 32.0 Å². The van der Waals surface area contributed by atoms with E-state index in [1.54, 1.807) is 45.0 Å². The number of amides is 1. The van der Waals surface area contributed by atoms with Gasteiger partial charge in [0.05, 0.1) is 19.3 Å². The van der Waals surface area contributed by atoms with E-state index in [2.05, 4.69) is 5.32 Å². The normalized spacial score (nSPS) is 13.4. The molecule has 0 saturated heterocycles. The van der Waals surface area contributed by atoms with Gasteiger partial charge in [0.2, 0.25) is 0 Å². The number of hydrogen-bond donors (Lipinski definition) is 2. The Morgan fingerprint density at radius 2 is 1.57 bits per heavy atom. The summed E-state index contributed by atoms with van der Waals surface area (Å²) in [5, 5.41) is 12.9. The Morgan fingerprint density at radius 1 is 0.946 bits per heavy atom. The third-order valence-electron chi connectivity index (χ3n) is 5.29. The largest absolute Gasteiger partial charge is 0.444 e. The standard InChI is InChI=1S/C28H33NO7S/c1-20-10-16-24(17-11-20)37(32,33)36-23-14-12-22(13-15-23)26(29-27(31)35-28(2,3)4)25(18-30)34-19-21-8-6-5-7-9-21/h5-17,25-26,30H,18-19H2,1-4H3,(H,29,31)/t25-,26+/m0/s1. The van der Waals surface area contributed by atoms with Crippen molar-refractivity contribution in [2.45, 2.75) is 56.9 Å². The molecule has 8 nitrogen and oxygen atoms in total. The minimum Gasteiger partial charge on any atom is -0.444 e. The van der Waals surface area contributed by atoms with Crippen molar-refractivity contribution in [3.05, 3.63) is 95.6 Å². The lowest BCUT2D eigenvalue weighted by molar-refractivity contribution is -0.0240. The Bertz CT molecular complexity index is 1250. The highest BCUT2D eigenvalue weighted by molar-refractivity contribution is 7.87. The molecule has 0 saturated carbocycles. The van der Waals surface area contributed by atoms with Gasteiger partial charge in [-0.3, -0.25) is 0 Å². The van der Waals surface area contributed by atoms with Gasteiger partial charge in [-0.2, -0.15) is 8.42 Å². The van der Waals surface area contributed by atoms with Crippen LogP contribution in [0.4, 0.5) is 4.79 Å². The highest BCUT2D eigenvalue weighted by atomic mass is 32.2. The molecule has 0 heterocycles. The Morgan fingerprint density at radius 3 is 2.14 bits per heavy atom. The van der Waals surface area contributed by atoms with Crippen LogP contribution in [-0.2, 0) is 26.2 Å². The maximum absolute atomic E-state index is 12.6. The Hall–Kier alpha value is -3.40. The van der Waals surface area contributed by atoms with E-state index >= 15 is 0 Å². The smallest absolute Gasteiger partial charge is 0.408 e. The van der Waals surface area contributed by atoms with E-state index in [0.717, 1.165) is 11.1 Å². The van der Waals surface area contributed by atoms with Crippen LogP contribution in [-0.4, -0.2) is 37.9 Å². The van der Waals surface area contributed by atoms with Crippen molar-refractivity contribution in [2.75, 3.05) is 6.61 Å². The molecule has 37 heavy (non-hydrogen) atoms. The molecule has 1 amide bonds. The first kappa shape index (κ1) is 28.2. The molecule has 3 aromatic carbocycles. The van der Waals surface area contributed by atoms with E-state index in [4.69, 9.17) is 13.7 Å². The molecule has 0 radical (unpaired) electrons. The molecule has 2 N–H and O–H groups in total. The van der Waals surface area contributed by atoms with E-state index in [1.165, 1.54) is 24.3 Å². The molecule has 3 rings (SSSR count). The molecule has 2 atom stereocenters. The summed E-state index contributed by atoms with van der Waals surface area (Å²) in [6, 6.07) is 21.2. The number of ether oxygens (including phenoxy) is 2. The zero-order valence-electron chi connectivity index (χ0n) is 21.4. The first-order chi connectivity index (χ1) is 17.5. The van der Waals surface area contributed by atoms with E-state index in [-0.39, 0.29) is 23.9 Å². The third kappa shape index (κ3) is 8.59. The Balaban J connectivity index is 1.81. The van der Waals surface area contributed by atoms with Crippen LogP contribution in [0.2, 0.25) is 0 Å². The van der Waals surface area contributed by atoms with Gasteiger partial charge in [0.25, 0.3) is 0 Å². The van der Waals surface area contributed by atoms with E-state index in [1.807, 2.05) is 37.3 Å². The van der Waals surface area contributed by atoms with Gasteiger partial charge in [0, 0.05) is 0 Å². The number of benzene rings is 3. The maximum Gasteiger partial charge on any atom is 0.408 e. The lowest BCUT2D eigenvalue weighted by Crippen LogP contribution is -2.42. The summed E-state index contributed by atoms with van der Waals surface area (Å²) in [7, 11) is -4.02. The highest BCUT2D eigenvalue weighted by Crippen LogP contribution is 2.26. The van der Waals surface area contributed by atoms with Crippen molar-refractivity contribution >= 4 is 16.2 Å². The minimum atomic E-state index is -4.02. The summed E-state index contributed by atoms with van der Waals surface area (Å²) in [6.45, 7) is 6.94. The molecule has 0 aliphatic carbocycles. The van der Waals surface area contributed by atoms with Crippen LogP contribution in [0.3, 0.4) is 0 Å². The average molecular weight is 528 g/mol. The van der Waals surface area contributed by atoms with Gasteiger partial charge in [-0.1, -0.05) is 60.2 Å². The summed E-state index contributed by atoms with van der Waals surface area (Å²) in [4.78, 5) is 12.6. The first-order valence-electron chi connectivity index (χ1n) is 11.8. The predicted molar refractivity (Wildman–Crippen MR) is 140 cm³/mol. The lowest BCUT2D eigenvalue weighted by Gasteiger charge is -2.29. The molecular formula is C28H33NO7S. The van der Waals surface area contributed by atoms with Crippen molar-refractivity contribution in [1.82, 2.24) is 5.32 Å². The number of aliphatic hydroxyl groups is 1. The van der Waals surface area contributed by atoms with Crippen molar-refractivity contribution in [3.8, 4) is 5.75 Å². The van der Waals surface area contributed by atoms with Gasteiger partial charge in [0.1, 0.15) is 22.4 Å². The van der Waals surface area contributed by atoms with Crippen molar-refractivity contribution in [2.24, 2.45) is 0 Å². The number of carbonyl (C=O) groups is 1. The number of rotatable bonds is 10. The molecule has 0 spiro atoms. The second kappa shape index (κ2) is 12.2. The predicted octanol–water partition coefficient (Wildman–Crippen LogP) is 4.91. The zero-order chi connectivity index (χ0) is 27.1. The van der Waals surface area contributed by atoms with E-state index < -0.39 is 34.0 Å². The SMILES string of the molecule is Cc1ccc(S(=O)(=O)Oc2ccc([C@@H](NC(=O)OC(C)(C)C)[C@H](CO)OCc3ccccc3)cc2)cc1. The molecule has 0 aliphatic rings. The molecule has 198 valence electrons. The lowest BCUT2D eigenvalue weighted by atomic mass is 10.0. The summed E-state index contributed by atoms with van der Waals surface area (Å²) in [6.07, 6.45) is -1.49. The third-order valence-corrected chi connectivity index (χ3v) is 6.55. The topological polar surface area (TPSA) is 111 Å². The fraction of sp³-hybridized carbons (Fsp3) is 0.321. The molecule has 3 aromatic rings. The van der Waals surface area contributed by atoms with Crippen LogP contribution in [0.1, 0.15) is 43.5 Å². The molecule has 0 aromatic heterocycles. The molecule has 0 aliphatic heterocycles. The van der Waals surface area contributed by atoms with Crippen LogP contribution in [0.5, 0.6) is 5.75 Å². The summed E-state index contributed by atoms with van der Waals surface area (Å²) in [5.41, 5.74) is 1.68. The van der Waals surface area contributed by atoms with Crippen LogP contribution < -0.4 is 9.50 Å².